The highest BCUT2D eigenvalue weighted by Crippen LogP contribution is 2.26. The van der Waals surface area contributed by atoms with Crippen LogP contribution in [-0.4, -0.2) is 25.8 Å². The minimum atomic E-state index is -0.982. The summed E-state index contributed by atoms with van der Waals surface area (Å²) in [5.74, 6) is -0.535. The SMILES string of the molecule is Cc1nn(C)cc1-c1nc2cc(C(=O)O)ccc2o1. The van der Waals surface area contributed by atoms with Crippen molar-refractivity contribution in [3.8, 4) is 11.5 Å². The van der Waals surface area contributed by atoms with Gasteiger partial charge in [-0.3, -0.25) is 4.68 Å². The number of aromatic nitrogens is 3. The number of hydrogen-bond acceptors (Lipinski definition) is 4. The number of oxazole rings is 1. The molecule has 0 aliphatic carbocycles. The lowest BCUT2D eigenvalue weighted by Crippen LogP contribution is -1.94. The maximum absolute atomic E-state index is 10.9. The molecule has 0 saturated carbocycles. The summed E-state index contributed by atoms with van der Waals surface area (Å²) < 4.78 is 7.31. The molecule has 0 aliphatic rings. The van der Waals surface area contributed by atoms with Crippen LogP contribution in [-0.2, 0) is 7.05 Å². The topological polar surface area (TPSA) is 81.2 Å². The predicted octanol–water partition coefficient (Wildman–Crippen LogP) is 2.23. The quantitative estimate of drug-likeness (QED) is 0.761. The van der Waals surface area contributed by atoms with Gasteiger partial charge >= 0.3 is 5.97 Å². The van der Waals surface area contributed by atoms with Gasteiger partial charge in [0.2, 0.25) is 5.89 Å². The Morgan fingerprint density at radius 1 is 1.42 bits per heavy atom. The molecule has 0 spiro atoms. The largest absolute Gasteiger partial charge is 0.478 e. The number of nitrogens with zero attached hydrogens (tertiary/aromatic N) is 3. The van der Waals surface area contributed by atoms with E-state index in [1.807, 2.05) is 20.2 Å². The third kappa shape index (κ3) is 1.87. The Balaban J connectivity index is 2.16. The highest BCUT2D eigenvalue weighted by atomic mass is 16.4. The Morgan fingerprint density at radius 3 is 2.84 bits per heavy atom. The van der Waals surface area contributed by atoms with Crippen molar-refractivity contribution < 1.29 is 14.3 Å². The zero-order chi connectivity index (χ0) is 13.6. The molecule has 3 aromatic rings. The van der Waals surface area contributed by atoms with Crippen LogP contribution >= 0.6 is 0 Å². The number of carboxylic acid groups (broad SMARTS) is 1. The van der Waals surface area contributed by atoms with Crippen molar-refractivity contribution in [2.24, 2.45) is 7.05 Å². The first-order valence-electron chi connectivity index (χ1n) is 5.69. The molecule has 0 saturated heterocycles. The molecule has 0 amide bonds. The summed E-state index contributed by atoms with van der Waals surface area (Å²) >= 11 is 0. The van der Waals surface area contributed by atoms with Gasteiger partial charge in [0.05, 0.1) is 16.8 Å². The van der Waals surface area contributed by atoms with E-state index < -0.39 is 5.97 Å². The summed E-state index contributed by atoms with van der Waals surface area (Å²) in [6.45, 7) is 1.87. The molecule has 19 heavy (non-hydrogen) atoms. The number of carbonyl (C=O) groups is 1. The molecule has 0 atom stereocenters. The lowest BCUT2D eigenvalue weighted by atomic mass is 10.2. The number of carboxylic acids is 1. The second kappa shape index (κ2) is 3.94. The van der Waals surface area contributed by atoms with Crippen molar-refractivity contribution in [3.63, 3.8) is 0 Å². The molecule has 2 aromatic heterocycles. The van der Waals surface area contributed by atoms with Gasteiger partial charge in [-0.05, 0) is 25.1 Å². The van der Waals surface area contributed by atoms with Crippen molar-refractivity contribution >= 4 is 17.1 Å². The normalized spacial score (nSPS) is 11.1. The molecule has 6 heteroatoms. The van der Waals surface area contributed by atoms with Crippen LogP contribution in [0.2, 0.25) is 0 Å². The van der Waals surface area contributed by atoms with E-state index in [1.165, 1.54) is 12.1 Å². The molecule has 0 radical (unpaired) electrons. The van der Waals surface area contributed by atoms with E-state index in [-0.39, 0.29) is 5.56 Å². The van der Waals surface area contributed by atoms with Crippen LogP contribution in [0.1, 0.15) is 16.1 Å². The van der Waals surface area contributed by atoms with Crippen molar-refractivity contribution in [1.82, 2.24) is 14.8 Å². The number of fused-ring (bicyclic) bond motifs is 1. The van der Waals surface area contributed by atoms with Crippen molar-refractivity contribution in [2.75, 3.05) is 0 Å². The Kier molecular flexibility index (Phi) is 2.38. The van der Waals surface area contributed by atoms with E-state index >= 15 is 0 Å². The van der Waals surface area contributed by atoms with Crippen LogP contribution < -0.4 is 0 Å². The number of rotatable bonds is 2. The average molecular weight is 257 g/mol. The molecular formula is C13H11N3O3. The minimum Gasteiger partial charge on any atom is -0.478 e. The highest BCUT2D eigenvalue weighted by Gasteiger charge is 2.14. The van der Waals surface area contributed by atoms with Crippen molar-refractivity contribution in [1.29, 1.82) is 0 Å². The second-order valence-electron chi connectivity index (χ2n) is 4.31. The molecule has 2 heterocycles. The van der Waals surface area contributed by atoms with Crippen LogP contribution in [0.3, 0.4) is 0 Å². The monoisotopic (exact) mass is 257 g/mol. The summed E-state index contributed by atoms with van der Waals surface area (Å²) in [6, 6.07) is 4.60. The van der Waals surface area contributed by atoms with E-state index in [0.29, 0.717) is 17.0 Å². The molecule has 0 unspecified atom stereocenters. The summed E-state index contributed by atoms with van der Waals surface area (Å²) in [7, 11) is 1.82. The van der Waals surface area contributed by atoms with Gasteiger partial charge in [0.25, 0.3) is 0 Å². The summed E-state index contributed by atoms with van der Waals surface area (Å²) in [5, 5.41) is 13.2. The van der Waals surface area contributed by atoms with Crippen molar-refractivity contribution in [2.45, 2.75) is 6.92 Å². The first kappa shape index (κ1) is 11.5. The summed E-state index contributed by atoms with van der Waals surface area (Å²) in [4.78, 5) is 15.2. The van der Waals surface area contributed by atoms with E-state index in [1.54, 1.807) is 10.7 Å². The maximum atomic E-state index is 10.9. The Morgan fingerprint density at radius 2 is 2.21 bits per heavy atom. The van der Waals surface area contributed by atoms with Gasteiger partial charge in [-0.1, -0.05) is 0 Å². The average Bonchev–Trinajstić information content (AvgIpc) is 2.90. The zero-order valence-electron chi connectivity index (χ0n) is 10.4. The fourth-order valence-electron chi connectivity index (χ4n) is 1.99. The van der Waals surface area contributed by atoms with E-state index in [4.69, 9.17) is 9.52 Å². The van der Waals surface area contributed by atoms with E-state index in [2.05, 4.69) is 10.1 Å². The fraction of sp³-hybridized carbons (Fsp3) is 0.154. The number of aromatic carboxylic acids is 1. The first-order chi connectivity index (χ1) is 9.04. The summed E-state index contributed by atoms with van der Waals surface area (Å²) in [6.07, 6.45) is 1.82. The Labute approximate surface area is 108 Å². The first-order valence-corrected chi connectivity index (χ1v) is 5.69. The predicted molar refractivity (Wildman–Crippen MR) is 67.9 cm³/mol. The molecule has 0 aliphatic heterocycles. The van der Waals surface area contributed by atoms with Crippen LogP contribution in [0.25, 0.3) is 22.6 Å². The van der Waals surface area contributed by atoms with Crippen LogP contribution in [0.4, 0.5) is 0 Å². The zero-order valence-corrected chi connectivity index (χ0v) is 10.4. The Hall–Kier alpha value is -2.63. The number of benzene rings is 1. The lowest BCUT2D eigenvalue weighted by Gasteiger charge is -1.91. The van der Waals surface area contributed by atoms with Crippen molar-refractivity contribution in [3.05, 3.63) is 35.7 Å². The highest BCUT2D eigenvalue weighted by molar-refractivity contribution is 5.92. The number of aryl methyl sites for hydroxylation is 2. The van der Waals surface area contributed by atoms with E-state index in [0.717, 1.165) is 11.3 Å². The third-order valence-corrected chi connectivity index (χ3v) is 2.88. The van der Waals surface area contributed by atoms with Gasteiger partial charge in [-0.2, -0.15) is 5.10 Å². The molecule has 1 aromatic carbocycles. The van der Waals surface area contributed by atoms with Gasteiger partial charge in [0.1, 0.15) is 5.52 Å². The van der Waals surface area contributed by atoms with Gasteiger partial charge in [-0.15, -0.1) is 0 Å². The van der Waals surface area contributed by atoms with Gasteiger partial charge in [-0.25, -0.2) is 9.78 Å². The van der Waals surface area contributed by atoms with E-state index in [9.17, 15) is 4.79 Å². The maximum Gasteiger partial charge on any atom is 0.335 e. The Bertz CT molecular complexity index is 786. The molecule has 96 valence electrons. The molecular weight excluding hydrogens is 246 g/mol. The smallest absolute Gasteiger partial charge is 0.335 e. The van der Waals surface area contributed by atoms with Gasteiger partial charge in [0.15, 0.2) is 5.58 Å². The van der Waals surface area contributed by atoms with Gasteiger partial charge in [0, 0.05) is 13.2 Å². The van der Waals surface area contributed by atoms with Crippen LogP contribution in [0, 0.1) is 6.92 Å². The van der Waals surface area contributed by atoms with Crippen LogP contribution in [0.5, 0.6) is 0 Å². The molecule has 0 fully saturated rings. The third-order valence-electron chi connectivity index (χ3n) is 2.88. The molecule has 6 nitrogen and oxygen atoms in total. The lowest BCUT2D eigenvalue weighted by molar-refractivity contribution is 0.0697. The number of hydrogen-bond donors (Lipinski definition) is 1. The van der Waals surface area contributed by atoms with Gasteiger partial charge < -0.3 is 9.52 Å². The second-order valence-corrected chi connectivity index (χ2v) is 4.31. The minimum absolute atomic E-state index is 0.190. The standard InChI is InChI=1S/C13H11N3O3/c1-7-9(6-16(2)15-7)12-14-10-5-8(13(17)18)3-4-11(10)19-12/h3-6H,1-2H3,(H,17,18). The summed E-state index contributed by atoms with van der Waals surface area (Å²) in [5.41, 5.74) is 2.89. The molecule has 1 N–H and O–H groups in total. The van der Waals surface area contributed by atoms with Crippen LogP contribution in [0.15, 0.2) is 28.8 Å². The molecule has 3 rings (SSSR count). The fourth-order valence-corrected chi connectivity index (χ4v) is 1.99. The molecule has 0 bridgehead atoms.